The van der Waals surface area contributed by atoms with Crippen LogP contribution in [0, 0.1) is 0 Å². The third-order valence-electron chi connectivity index (χ3n) is 23.0. The van der Waals surface area contributed by atoms with Gasteiger partial charge in [-0.2, -0.15) is 0 Å². The lowest BCUT2D eigenvalue weighted by Gasteiger charge is -2.13. The van der Waals surface area contributed by atoms with Crippen molar-refractivity contribution in [2.24, 2.45) is 0 Å². The van der Waals surface area contributed by atoms with E-state index >= 15 is 0 Å². The molecule has 0 unspecified atom stereocenters. The summed E-state index contributed by atoms with van der Waals surface area (Å²) in [6.45, 7) is 0. The van der Waals surface area contributed by atoms with E-state index in [0.717, 1.165) is 150 Å². The van der Waals surface area contributed by atoms with Crippen molar-refractivity contribution in [1.29, 1.82) is 0 Å². The second-order valence-corrected chi connectivity index (χ2v) is 33.3. The van der Waals surface area contributed by atoms with Crippen molar-refractivity contribution >= 4 is 138 Å². The summed E-state index contributed by atoms with van der Waals surface area (Å²) in [5.41, 5.74) is 26.5. The minimum atomic E-state index is 0.666. The molecule has 8 heterocycles. The van der Waals surface area contributed by atoms with Gasteiger partial charge in [0.1, 0.15) is 11.2 Å². The SMILES string of the molecule is c1ccc(-c2cc(-c3ccc(-c4cccc5c4oc4ccccc45)cc3)nc(-c3ccc(-c4nc5c(-c6ccccc6)cccc5c5c4sc4ccccc45)cc3)n2)cc1.c1ccc(-c2ccc(-c3cccc4c3nc(-c3cccc(-c5nc(-c6ccccc6)cc(-c6cccc7c6sc6ccccc67)n5)c3)c3sc5ccccc5c34)cc2)cc1. The van der Waals surface area contributed by atoms with E-state index in [1.54, 1.807) is 0 Å². The maximum Gasteiger partial charge on any atom is 0.160 e. The lowest BCUT2D eigenvalue weighted by atomic mass is 9.96. The highest BCUT2D eigenvalue weighted by Crippen LogP contribution is 2.49. The number of aromatic nitrogens is 6. The second kappa shape index (κ2) is 29.6. The quantitative estimate of drug-likeness (QED) is 0.120. The van der Waals surface area contributed by atoms with Gasteiger partial charge >= 0.3 is 0 Å². The fourth-order valence-corrected chi connectivity index (χ4v) is 20.9. The van der Waals surface area contributed by atoms with E-state index in [1.165, 1.54) is 77.0 Å². The Morgan fingerprint density at radius 3 is 1.13 bits per heavy atom. The van der Waals surface area contributed by atoms with Gasteiger partial charge in [0.05, 0.1) is 54.6 Å². The van der Waals surface area contributed by atoms with E-state index in [9.17, 15) is 0 Å². The zero-order valence-electron chi connectivity index (χ0n) is 64.4. The summed E-state index contributed by atoms with van der Waals surface area (Å²) >= 11 is 5.44. The molecule has 10 heteroatoms. The summed E-state index contributed by atoms with van der Waals surface area (Å²) in [5, 5.41) is 12.1. The first kappa shape index (κ1) is 70.4. The van der Waals surface area contributed by atoms with Gasteiger partial charge in [0.15, 0.2) is 11.6 Å². The number of fused-ring (bicyclic) bond motifs is 16. The molecular formula is C110H66N6OS3. The van der Waals surface area contributed by atoms with Crippen molar-refractivity contribution in [3.63, 3.8) is 0 Å². The highest BCUT2D eigenvalue weighted by molar-refractivity contribution is 7.27. The number of thiophene rings is 3. The van der Waals surface area contributed by atoms with Crippen LogP contribution in [0.4, 0.5) is 0 Å². The molecule has 120 heavy (non-hydrogen) atoms. The molecule has 0 saturated heterocycles. The van der Waals surface area contributed by atoms with Crippen LogP contribution in [-0.2, 0) is 0 Å². The first-order valence-electron chi connectivity index (χ1n) is 40.2. The largest absolute Gasteiger partial charge is 0.455 e. The predicted octanol–water partition coefficient (Wildman–Crippen LogP) is 31.1. The fourth-order valence-electron chi connectivity index (χ4n) is 17.2. The molecule has 0 N–H and O–H groups in total. The van der Waals surface area contributed by atoms with Gasteiger partial charge in [-0.1, -0.05) is 358 Å². The number of hydrogen-bond donors (Lipinski definition) is 0. The Hall–Kier alpha value is -15.0. The zero-order valence-corrected chi connectivity index (χ0v) is 66.9. The summed E-state index contributed by atoms with van der Waals surface area (Å²) in [7, 11) is 0. The fraction of sp³-hybridized carbons (Fsp3) is 0. The van der Waals surface area contributed by atoms with Crippen LogP contribution in [0.1, 0.15) is 0 Å². The average molecular weight is 1580 g/mol. The van der Waals surface area contributed by atoms with Crippen LogP contribution in [0.15, 0.2) is 405 Å². The third kappa shape index (κ3) is 12.5. The van der Waals surface area contributed by atoms with E-state index < -0.39 is 0 Å². The molecule has 0 aliphatic rings. The maximum atomic E-state index is 6.37. The molecule has 7 nitrogen and oxygen atoms in total. The number of rotatable bonds is 12. The Labute approximate surface area is 702 Å². The standard InChI is InChI=1S/C55H33N3OS.C55H33N3S2/c1-3-13-34(14-4-1)40-19-11-22-45-50-44-18-8-10-24-49(44)60-54(50)51(58-52(40)45)38-29-31-39(32-30-38)55-56-46(36-15-5-2-6-16-36)33-47(57-55)37-27-25-35(26-28-37)41-20-12-21-43-42-17-7-9-23-48(42)59-53(41)43;1-3-14-34(15-4-1)35-28-30-36(31-29-35)40-22-12-25-45-50-44-21-8-10-27-49(44)60-54(50)51(58-52(40)45)38-18-11-19-39(32-38)55-56-46(37-16-5-2-6-17-37)33-47(57-55)43-24-13-23-42-41-20-7-9-26-48(41)59-53(42)43/h2*1-33H. The topological polar surface area (TPSA) is 90.5 Å². The summed E-state index contributed by atoms with van der Waals surface area (Å²) in [6, 6.07) is 141. The van der Waals surface area contributed by atoms with E-state index in [-0.39, 0.29) is 0 Å². The summed E-state index contributed by atoms with van der Waals surface area (Å²) < 4.78 is 13.7. The number of para-hydroxylation sites is 4. The van der Waals surface area contributed by atoms with E-state index in [4.69, 9.17) is 34.3 Å². The highest BCUT2D eigenvalue weighted by Gasteiger charge is 2.24. The molecule has 0 aliphatic carbocycles. The van der Waals surface area contributed by atoms with Crippen LogP contribution in [0.3, 0.4) is 0 Å². The molecule has 0 saturated carbocycles. The number of benzene rings is 16. The van der Waals surface area contributed by atoms with Gasteiger partial charge in [0.2, 0.25) is 0 Å². The predicted molar refractivity (Wildman–Crippen MR) is 506 cm³/mol. The lowest BCUT2D eigenvalue weighted by Crippen LogP contribution is -1.96. The van der Waals surface area contributed by atoms with E-state index in [2.05, 4.69) is 364 Å². The zero-order chi connectivity index (χ0) is 79.1. The molecule has 0 spiro atoms. The Kier molecular flexibility index (Phi) is 17.4. The summed E-state index contributed by atoms with van der Waals surface area (Å²) in [6.07, 6.45) is 0. The molecule has 0 radical (unpaired) electrons. The van der Waals surface area contributed by atoms with Crippen molar-refractivity contribution in [2.75, 3.05) is 0 Å². The number of hydrogen-bond acceptors (Lipinski definition) is 10. The highest BCUT2D eigenvalue weighted by atomic mass is 32.1. The van der Waals surface area contributed by atoms with Gasteiger partial charge in [-0.05, 0) is 70.3 Å². The van der Waals surface area contributed by atoms with Crippen molar-refractivity contribution in [2.45, 2.75) is 0 Å². The van der Waals surface area contributed by atoms with Crippen molar-refractivity contribution < 1.29 is 4.42 Å². The van der Waals surface area contributed by atoms with Crippen LogP contribution < -0.4 is 0 Å². The van der Waals surface area contributed by atoms with Crippen LogP contribution in [0.25, 0.3) is 239 Å². The van der Waals surface area contributed by atoms with Crippen molar-refractivity contribution in [1.82, 2.24) is 29.9 Å². The summed E-state index contributed by atoms with van der Waals surface area (Å²) in [5.74, 6) is 1.35. The third-order valence-corrected chi connectivity index (χ3v) is 26.6. The van der Waals surface area contributed by atoms with Crippen LogP contribution in [-0.4, -0.2) is 29.9 Å². The Morgan fingerprint density at radius 1 is 0.192 bits per heavy atom. The Balaban J connectivity index is 0.000000140. The van der Waals surface area contributed by atoms with Gasteiger partial charge in [-0.15, -0.1) is 34.0 Å². The van der Waals surface area contributed by atoms with Gasteiger partial charge in [0.25, 0.3) is 0 Å². The summed E-state index contributed by atoms with van der Waals surface area (Å²) in [4.78, 5) is 32.1. The average Bonchev–Trinajstić information content (AvgIpc) is 1.53. The van der Waals surface area contributed by atoms with Crippen molar-refractivity contribution in [3.05, 3.63) is 400 Å². The van der Waals surface area contributed by atoms with Gasteiger partial charge in [-0.3, -0.25) is 0 Å². The van der Waals surface area contributed by atoms with Gasteiger partial charge in [0, 0.05) is 134 Å². The molecule has 0 fully saturated rings. The maximum absolute atomic E-state index is 6.37. The van der Waals surface area contributed by atoms with E-state index in [1.807, 2.05) is 70.4 Å². The second-order valence-electron chi connectivity index (χ2n) is 30.2. The molecule has 560 valence electrons. The Morgan fingerprint density at radius 2 is 0.542 bits per heavy atom. The lowest BCUT2D eigenvalue weighted by molar-refractivity contribution is 0.670. The molecule has 0 atom stereocenters. The van der Waals surface area contributed by atoms with Gasteiger partial charge in [-0.25, -0.2) is 29.9 Å². The minimum Gasteiger partial charge on any atom is -0.455 e. The molecular weight excluding hydrogens is 1520 g/mol. The molecule has 24 rings (SSSR count). The monoisotopic (exact) mass is 1580 g/mol. The van der Waals surface area contributed by atoms with Crippen LogP contribution >= 0.6 is 34.0 Å². The molecule has 24 aromatic rings. The van der Waals surface area contributed by atoms with Gasteiger partial charge < -0.3 is 4.42 Å². The molecule has 0 bridgehead atoms. The number of pyridine rings is 2. The first-order valence-corrected chi connectivity index (χ1v) is 42.6. The van der Waals surface area contributed by atoms with Crippen LogP contribution in [0.5, 0.6) is 0 Å². The van der Waals surface area contributed by atoms with E-state index in [0.29, 0.717) is 11.6 Å². The molecule has 0 amide bonds. The first-order chi connectivity index (χ1) is 59.5. The minimum absolute atomic E-state index is 0.666. The van der Waals surface area contributed by atoms with Crippen LogP contribution in [0.2, 0.25) is 0 Å². The normalized spacial score (nSPS) is 11.7. The smallest absolute Gasteiger partial charge is 0.160 e. The number of nitrogens with zero attached hydrogens (tertiary/aromatic N) is 6. The number of furan rings is 1. The molecule has 0 aliphatic heterocycles. The van der Waals surface area contributed by atoms with Crippen molar-refractivity contribution in [3.8, 4) is 135 Å². The molecule has 8 aromatic heterocycles. The molecule has 16 aromatic carbocycles. The Bertz CT molecular complexity index is 8130.